The molecule has 1 aromatic heterocycles. The smallest absolute Gasteiger partial charge is 0.243 e. The van der Waals surface area contributed by atoms with Gasteiger partial charge in [0, 0.05) is 11.4 Å². The molecule has 2 aromatic rings. The summed E-state index contributed by atoms with van der Waals surface area (Å²) in [5.74, 6) is 0.596. The molecule has 4 heteroatoms. The Bertz CT molecular complexity index is 675. The van der Waals surface area contributed by atoms with Crippen LogP contribution in [0.2, 0.25) is 0 Å². The van der Waals surface area contributed by atoms with E-state index in [9.17, 15) is 0 Å². The van der Waals surface area contributed by atoms with Crippen molar-refractivity contribution in [1.29, 1.82) is 0 Å². The van der Waals surface area contributed by atoms with Gasteiger partial charge in [0.15, 0.2) is 0 Å². The second-order valence-electron chi connectivity index (χ2n) is 6.20. The Balaban J connectivity index is 2.16. The molecule has 0 spiro atoms. The summed E-state index contributed by atoms with van der Waals surface area (Å²) in [5, 5.41) is 4.46. The van der Waals surface area contributed by atoms with Crippen LogP contribution in [0.5, 0.6) is 0 Å². The minimum absolute atomic E-state index is 0.596. The number of hydrazone groups is 1. The van der Waals surface area contributed by atoms with Gasteiger partial charge in [-0.05, 0) is 44.7 Å². The Morgan fingerprint density at radius 1 is 1.00 bits per heavy atom. The van der Waals surface area contributed by atoms with Crippen LogP contribution in [0.3, 0.4) is 0 Å². The first-order valence-electron chi connectivity index (χ1n) is 8.86. The average Bonchev–Trinajstić information content (AvgIpc) is 2.58. The molecule has 0 saturated heterocycles. The van der Waals surface area contributed by atoms with Crippen molar-refractivity contribution in [3.8, 4) is 0 Å². The van der Waals surface area contributed by atoms with Crippen LogP contribution in [0.25, 0.3) is 0 Å². The molecular weight excluding hydrogens is 296 g/mol. The highest BCUT2D eigenvalue weighted by Crippen LogP contribution is 2.11. The second kappa shape index (κ2) is 9.16. The molecule has 128 valence electrons. The lowest BCUT2D eigenvalue weighted by molar-refractivity contribution is 0.765. The van der Waals surface area contributed by atoms with Gasteiger partial charge in [-0.1, -0.05) is 56.5 Å². The van der Waals surface area contributed by atoms with Crippen LogP contribution in [0.1, 0.15) is 62.5 Å². The molecule has 1 heterocycles. The predicted octanol–water partition coefficient (Wildman–Crippen LogP) is 4.92. The lowest BCUT2D eigenvalue weighted by Gasteiger charge is -2.08. The third kappa shape index (κ3) is 5.44. The van der Waals surface area contributed by atoms with E-state index >= 15 is 0 Å². The molecular formula is C20H28N4. The van der Waals surface area contributed by atoms with Crippen molar-refractivity contribution < 1.29 is 0 Å². The molecule has 2 rings (SSSR count). The summed E-state index contributed by atoms with van der Waals surface area (Å²) in [6, 6.07) is 10.5. The van der Waals surface area contributed by atoms with Crippen LogP contribution in [0.15, 0.2) is 35.4 Å². The van der Waals surface area contributed by atoms with Gasteiger partial charge in [0.25, 0.3) is 0 Å². The molecule has 0 amide bonds. The van der Waals surface area contributed by atoms with E-state index in [1.54, 1.807) is 0 Å². The minimum Gasteiger partial charge on any atom is -0.245 e. The van der Waals surface area contributed by atoms with Gasteiger partial charge in [-0.15, -0.1) is 0 Å². The van der Waals surface area contributed by atoms with Gasteiger partial charge in [0.2, 0.25) is 5.95 Å². The van der Waals surface area contributed by atoms with Crippen molar-refractivity contribution in [2.24, 2.45) is 5.10 Å². The van der Waals surface area contributed by atoms with Gasteiger partial charge in [-0.3, -0.25) is 0 Å². The van der Waals surface area contributed by atoms with Crippen molar-refractivity contribution in [1.82, 2.24) is 9.97 Å². The van der Waals surface area contributed by atoms with E-state index in [0.717, 1.165) is 48.3 Å². The third-order valence-electron chi connectivity index (χ3n) is 3.92. The van der Waals surface area contributed by atoms with Crippen LogP contribution in [0.4, 0.5) is 5.95 Å². The number of aromatic nitrogens is 2. The topological polar surface area (TPSA) is 50.2 Å². The SMILES string of the molecule is CCCCc1cc(CCC)nc(NN=C(C)c2ccc(C)cc2)n1. The maximum atomic E-state index is 4.60. The van der Waals surface area contributed by atoms with Crippen molar-refractivity contribution >= 4 is 11.7 Å². The fraction of sp³-hybridized carbons (Fsp3) is 0.450. The Morgan fingerprint density at radius 3 is 2.29 bits per heavy atom. The number of benzene rings is 1. The van der Waals surface area contributed by atoms with Crippen LogP contribution < -0.4 is 5.43 Å². The lowest BCUT2D eigenvalue weighted by atomic mass is 10.1. The quantitative estimate of drug-likeness (QED) is 0.554. The summed E-state index contributed by atoms with van der Waals surface area (Å²) in [7, 11) is 0. The van der Waals surface area contributed by atoms with Crippen molar-refractivity contribution in [2.45, 2.75) is 59.8 Å². The molecule has 0 unspecified atom stereocenters. The van der Waals surface area contributed by atoms with Crippen molar-refractivity contribution in [3.05, 3.63) is 52.8 Å². The highest BCUT2D eigenvalue weighted by atomic mass is 15.4. The summed E-state index contributed by atoms with van der Waals surface area (Å²) in [6.45, 7) is 8.44. The van der Waals surface area contributed by atoms with Gasteiger partial charge in [-0.2, -0.15) is 5.10 Å². The first-order chi connectivity index (χ1) is 11.6. The minimum atomic E-state index is 0.596. The Morgan fingerprint density at radius 2 is 1.67 bits per heavy atom. The molecule has 0 radical (unpaired) electrons. The maximum Gasteiger partial charge on any atom is 0.243 e. The van der Waals surface area contributed by atoms with Gasteiger partial charge in [0.05, 0.1) is 5.71 Å². The Kier molecular flexibility index (Phi) is 6.91. The highest BCUT2D eigenvalue weighted by molar-refractivity contribution is 5.99. The van der Waals surface area contributed by atoms with Gasteiger partial charge in [-0.25, -0.2) is 15.4 Å². The molecule has 0 atom stereocenters. The number of hydrogen-bond acceptors (Lipinski definition) is 4. The summed E-state index contributed by atoms with van der Waals surface area (Å²) >= 11 is 0. The number of nitrogens with one attached hydrogen (secondary N) is 1. The van der Waals surface area contributed by atoms with E-state index in [1.165, 1.54) is 12.0 Å². The zero-order valence-electron chi connectivity index (χ0n) is 15.3. The van der Waals surface area contributed by atoms with Crippen LogP contribution in [0, 0.1) is 6.92 Å². The second-order valence-corrected chi connectivity index (χ2v) is 6.20. The maximum absolute atomic E-state index is 4.60. The van der Waals surface area contributed by atoms with E-state index in [2.05, 4.69) is 71.6 Å². The lowest BCUT2D eigenvalue weighted by Crippen LogP contribution is -2.06. The van der Waals surface area contributed by atoms with Crippen LogP contribution in [-0.4, -0.2) is 15.7 Å². The summed E-state index contributed by atoms with van der Waals surface area (Å²) < 4.78 is 0. The normalized spacial score (nSPS) is 11.6. The van der Waals surface area contributed by atoms with E-state index in [0.29, 0.717) is 5.95 Å². The van der Waals surface area contributed by atoms with Gasteiger partial charge in [0.1, 0.15) is 0 Å². The molecule has 0 fully saturated rings. The third-order valence-corrected chi connectivity index (χ3v) is 3.92. The van der Waals surface area contributed by atoms with E-state index < -0.39 is 0 Å². The number of nitrogens with zero attached hydrogens (tertiary/aromatic N) is 3. The largest absolute Gasteiger partial charge is 0.245 e. The number of hydrogen-bond donors (Lipinski definition) is 1. The standard InChI is InChI=1S/C20H28N4/c1-5-7-9-19-14-18(8-6-2)21-20(22-19)24-23-16(4)17-12-10-15(3)11-13-17/h10-14H,5-9H2,1-4H3,(H,21,22,24). The predicted molar refractivity (Wildman–Crippen MR) is 102 cm³/mol. The number of unbranched alkanes of at least 4 members (excludes halogenated alkanes) is 1. The van der Waals surface area contributed by atoms with E-state index in [1.807, 2.05) is 6.92 Å². The zero-order valence-corrected chi connectivity index (χ0v) is 15.3. The molecule has 24 heavy (non-hydrogen) atoms. The Labute approximate surface area is 145 Å². The molecule has 0 saturated carbocycles. The summed E-state index contributed by atoms with van der Waals surface area (Å²) in [4.78, 5) is 9.19. The van der Waals surface area contributed by atoms with E-state index in [-0.39, 0.29) is 0 Å². The number of aryl methyl sites for hydroxylation is 3. The van der Waals surface area contributed by atoms with Gasteiger partial charge >= 0.3 is 0 Å². The molecule has 1 N–H and O–H groups in total. The first-order valence-corrected chi connectivity index (χ1v) is 8.86. The van der Waals surface area contributed by atoms with Gasteiger partial charge < -0.3 is 0 Å². The number of anilines is 1. The van der Waals surface area contributed by atoms with Crippen LogP contribution in [-0.2, 0) is 12.8 Å². The van der Waals surface area contributed by atoms with E-state index in [4.69, 9.17) is 0 Å². The molecule has 4 nitrogen and oxygen atoms in total. The Hall–Kier alpha value is -2.23. The monoisotopic (exact) mass is 324 g/mol. The van der Waals surface area contributed by atoms with Crippen molar-refractivity contribution in [2.75, 3.05) is 5.43 Å². The van der Waals surface area contributed by atoms with Crippen molar-refractivity contribution in [3.63, 3.8) is 0 Å². The first kappa shape index (κ1) is 18.1. The molecule has 0 aliphatic rings. The van der Waals surface area contributed by atoms with Crippen LogP contribution >= 0.6 is 0 Å². The fourth-order valence-electron chi connectivity index (χ4n) is 2.47. The molecule has 0 bridgehead atoms. The molecule has 0 aliphatic carbocycles. The fourth-order valence-corrected chi connectivity index (χ4v) is 2.47. The number of rotatable bonds is 8. The molecule has 0 aliphatic heterocycles. The zero-order chi connectivity index (χ0) is 17.4. The summed E-state index contributed by atoms with van der Waals surface area (Å²) in [5.41, 5.74) is 8.50. The average molecular weight is 324 g/mol. The molecule has 1 aromatic carbocycles. The summed E-state index contributed by atoms with van der Waals surface area (Å²) in [6.07, 6.45) is 5.35. The highest BCUT2D eigenvalue weighted by Gasteiger charge is 2.05.